The first-order valence-corrected chi connectivity index (χ1v) is 6.42. The van der Waals surface area contributed by atoms with E-state index in [4.69, 9.17) is 4.89 Å². The predicted molar refractivity (Wildman–Crippen MR) is 53.6 cm³/mol. The molecular formula is C8H19O6P. The van der Waals surface area contributed by atoms with Crippen LogP contribution >= 0.6 is 7.82 Å². The minimum absolute atomic E-state index is 0.200. The highest BCUT2D eigenvalue weighted by Gasteiger charge is 2.24. The van der Waals surface area contributed by atoms with Gasteiger partial charge in [0.1, 0.15) is 0 Å². The minimum atomic E-state index is -4.23. The van der Waals surface area contributed by atoms with E-state index >= 15 is 0 Å². The molecule has 0 amide bonds. The zero-order valence-electron chi connectivity index (χ0n) is 9.34. The Bertz CT molecular complexity index is 196. The van der Waals surface area contributed by atoms with Gasteiger partial charge in [0.2, 0.25) is 0 Å². The molecule has 0 saturated heterocycles. The molecule has 0 rings (SSSR count). The Balaban J connectivity index is 3.54. The van der Waals surface area contributed by atoms with Gasteiger partial charge in [0.15, 0.2) is 0 Å². The van der Waals surface area contributed by atoms with Gasteiger partial charge >= 0.3 is 7.82 Å². The van der Waals surface area contributed by atoms with Gasteiger partial charge in [-0.25, -0.2) is 14.3 Å². The van der Waals surface area contributed by atoms with Crippen molar-refractivity contribution in [3.05, 3.63) is 0 Å². The third-order valence-electron chi connectivity index (χ3n) is 1.28. The van der Waals surface area contributed by atoms with Gasteiger partial charge in [-0.3, -0.25) is 4.89 Å². The second kappa shape index (κ2) is 8.21. The van der Waals surface area contributed by atoms with E-state index in [1.807, 2.05) is 20.8 Å². The van der Waals surface area contributed by atoms with E-state index in [9.17, 15) is 4.57 Å². The third kappa shape index (κ3) is 10.3. The van der Waals surface area contributed by atoms with Crippen LogP contribution in [0.5, 0.6) is 0 Å². The van der Waals surface area contributed by atoms with Crippen molar-refractivity contribution in [2.75, 3.05) is 13.2 Å². The van der Waals surface area contributed by atoms with Crippen molar-refractivity contribution in [2.45, 2.75) is 33.6 Å². The Labute approximate surface area is 90.0 Å². The van der Waals surface area contributed by atoms with Gasteiger partial charge in [-0.15, -0.1) is 9.35 Å². The van der Waals surface area contributed by atoms with E-state index in [1.165, 1.54) is 0 Å². The van der Waals surface area contributed by atoms with Crippen molar-refractivity contribution in [1.29, 1.82) is 0 Å². The van der Waals surface area contributed by atoms with E-state index in [-0.39, 0.29) is 19.1 Å². The molecule has 7 heteroatoms. The van der Waals surface area contributed by atoms with Crippen LogP contribution in [0.25, 0.3) is 0 Å². The van der Waals surface area contributed by atoms with E-state index in [1.54, 1.807) is 0 Å². The standard InChI is InChI=1S/C8H19O6P/c1-4-5-6-11-13-15(9,10)14-12-7-8(2)3/h8H,4-7H2,1-3H3,(H,9,10). The zero-order valence-corrected chi connectivity index (χ0v) is 10.2. The zero-order chi connectivity index (χ0) is 11.7. The number of hydrogen-bond acceptors (Lipinski definition) is 5. The topological polar surface area (TPSA) is 74.2 Å². The lowest BCUT2D eigenvalue weighted by molar-refractivity contribution is -0.282. The van der Waals surface area contributed by atoms with Crippen molar-refractivity contribution in [2.24, 2.45) is 5.92 Å². The van der Waals surface area contributed by atoms with Crippen LogP contribution in [0.4, 0.5) is 0 Å². The van der Waals surface area contributed by atoms with E-state index in [0.717, 1.165) is 12.8 Å². The normalized spacial score (nSPS) is 15.5. The van der Waals surface area contributed by atoms with Gasteiger partial charge in [-0.2, -0.15) is 0 Å². The van der Waals surface area contributed by atoms with Crippen LogP contribution in [0, 0.1) is 5.92 Å². The van der Waals surface area contributed by atoms with Crippen molar-refractivity contribution in [1.82, 2.24) is 0 Å². The molecule has 0 saturated carbocycles. The molecule has 0 aromatic heterocycles. The number of rotatable bonds is 9. The van der Waals surface area contributed by atoms with Crippen molar-refractivity contribution in [3.8, 4) is 0 Å². The Morgan fingerprint density at radius 2 is 1.87 bits per heavy atom. The highest BCUT2D eigenvalue weighted by Crippen LogP contribution is 2.43. The first-order chi connectivity index (χ1) is 6.98. The second-order valence-electron chi connectivity index (χ2n) is 3.47. The van der Waals surface area contributed by atoms with Gasteiger partial charge in [-0.1, -0.05) is 27.2 Å². The fourth-order valence-electron chi connectivity index (χ4n) is 0.553. The Hall–Kier alpha value is 0.0300. The van der Waals surface area contributed by atoms with Crippen molar-refractivity contribution >= 4 is 7.82 Å². The summed E-state index contributed by atoms with van der Waals surface area (Å²) in [6, 6.07) is 0. The van der Waals surface area contributed by atoms with Crippen LogP contribution in [-0.4, -0.2) is 18.1 Å². The molecule has 15 heavy (non-hydrogen) atoms. The Morgan fingerprint density at radius 3 is 2.40 bits per heavy atom. The maximum atomic E-state index is 11.0. The quantitative estimate of drug-likeness (QED) is 0.290. The average molecular weight is 242 g/mol. The molecule has 92 valence electrons. The molecule has 0 aromatic rings. The van der Waals surface area contributed by atoms with Gasteiger partial charge in [0, 0.05) is 0 Å². The Kier molecular flexibility index (Phi) is 8.23. The summed E-state index contributed by atoms with van der Waals surface area (Å²) in [5.41, 5.74) is 0. The summed E-state index contributed by atoms with van der Waals surface area (Å²) < 4.78 is 19.4. The summed E-state index contributed by atoms with van der Waals surface area (Å²) in [5.74, 6) is 0.200. The highest BCUT2D eigenvalue weighted by molar-refractivity contribution is 7.47. The van der Waals surface area contributed by atoms with Crippen molar-refractivity contribution in [3.63, 3.8) is 0 Å². The number of unbranched alkanes of at least 4 members (excludes halogenated alkanes) is 1. The van der Waals surface area contributed by atoms with Gasteiger partial charge < -0.3 is 0 Å². The number of phosphoric acid groups is 1. The van der Waals surface area contributed by atoms with Crippen molar-refractivity contribution < 1.29 is 28.6 Å². The average Bonchev–Trinajstić information content (AvgIpc) is 2.11. The van der Waals surface area contributed by atoms with Crippen LogP contribution in [0.15, 0.2) is 0 Å². The molecule has 0 heterocycles. The molecular weight excluding hydrogens is 223 g/mol. The highest BCUT2D eigenvalue weighted by atomic mass is 31.2. The molecule has 1 unspecified atom stereocenters. The van der Waals surface area contributed by atoms with Gasteiger partial charge in [0.05, 0.1) is 13.2 Å². The lowest BCUT2D eigenvalue weighted by Crippen LogP contribution is -2.04. The van der Waals surface area contributed by atoms with Crippen LogP contribution in [0.3, 0.4) is 0 Å². The minimum Gasteiger partial charge on any atom is -0.299 e. The predicted octanol–water partition coefficient (Wildman–Crippen LogP) is 2.44. The summed E-state index contributed by atoms with van der Waals surface area (Å²) in [6.07, 6.45) is 1.65. The summed E-state index contributed by atoms with van der Waals surface area (Å²) in [5, 5.41) is 0. The molecule has 0 aliphatic rings. The number of hydrogen-bond donors (Lipinski definition) is 1. The molecule has 0 aliphatic heterocycles. The SMILES string of the molecule is CCCCOOP(=O)(O)OOCC(C)C. The summed E-state index contributed by atoms with van der Waals surface area (Å²) >= 11 is 0. The van der Waals surface area contributed by atoms with E-state index in [2.05, 4.69) is 19.1 Å². The molecule has 0 fully saturated rings. The van der Waals surface area contributed by atoms with Crippen LogP contribution in [-0.2, 0) is 23.7 Å². The summed E-state index contributed by atoms with van der Waals surface area (Å²) in [6.45, 7) is 6.18. The fourth-order valence-corrected chi connectivity index (χ4v) is 0.979. The Morgan fingerprint density at radius 1 is 1.27 bits per heavy atom. The third-order valence-corrected chi connectivity index (χ3v) is 1.86. The van der Waals surface area contributed by atoms with Gasteiger partial charge in [-0.05, 0) is 12.3 Å². The lowest BCUT2D eigenvalue weighted by atomic mass is 10.2. The molecule has 0 bridgehead atoms. The first-order valence-electron chi connectivity index (χ1n) is 4.93. The molecule has 0 aliphatic carbocycles. The maximum Gasteiger partial charge on any atom is 0.526 e. The van der Waals surface area contributed by atoms with Crippen LogP contribution in [0.2, 0.25) is 0 Å². The monoisotopic (exact) mass is 242 g/mol. The molecule has 0 aromatic carbocycles. The smallest absolute Gasteiger partial charge is 0.299 e. The second-order valence-corrected chi connectivity index (χ2v) is 4.71. The largest absolute Gasteiger partial charge is 0.526 e. The molecule has 6 nitrogen and oxygen atoms in total. The first kappa shape index (κ1) is 15.0. The molecule has 0 radical (unpaired) electrons. The molecule has 1 atom stereocenters. The molecule has 1 N–H and O–H groups in total. The van der Waals surface area contributed by atoms with Crippen LogP contribution in [0.1, 0.15) is 33.6 Å². The molecule has 0 spiro atoms. The summed E-state index contributed by atoms with van der Waals surface area (Å²) in [7, 11) is -4.23. The van der Waals surface area contributed by atoms with E-state index in [0.29, 0.717) is 0 Å². The van der Waals surface area contributed by atoms with Gasteiger partial charge in [0.25, 0.3) is 0 Å². The summed E-state index contributed by atoms with van der Waals surface area (Å²) in [4.78, 5) is 18.0. The van der Waals surface area contributed by atoms with E-state index < -0.39 is 7.82 Å². The lowest BCUT2D eigenvalue weighted by Gasteiger charge is -2.10. The fraction of sp³-hybridized carbons (Fsp3) is 1.00. The maximum absolute atomic E-state index is 11.0. The van der Waals surface area contributed by atoms with Crippen LogP contribution < -0.4 is 0 Å².